The largest absolute Gasteiger partial charge is 0.352 e. The summed E-state index contributed by atoms with van der Waals surface area (Å²) in [6, 6.07) is 1.65. The molecular weight excluding hydrogens is 266 g/mol. The van der Waals surface area contributed by atoms with Gasteiger partial charge in [-0.05, 0) is 25.3 Å². The minimum absolute atomic E-state index is 0.0159. The van der Waals surface area contributed by atoms with Crippen LogP contribution in [0.2, 0.25) is 0 Å². The summed E-state index contributed by atoms with van der Waals surface area (Å²) in [6.45, 7) is 3.82. The summed E-state index contributed by atoms with van der Waals surface area (Å²) in [5.41, 5.74) is 5.90. The molecule has 0 aliphatic carbocycles. The van der Waals surface area contributed by atoms with Crippen LogP contribution in [0.15, 0.2) is 18.5 Å². The Hall–Kier alpha value is -1.69. The average Bonchev–Trinajstić information content (AvgIpc) is 2.54. The third kappa shape index (κ3) is 4.67. The molecule has 1 amide bonds. The number of hydrogen-bond donors (Lipinski definition) is 2. The standard InChI is InChI=1S/C15H25N5O/c1-2-3-5-13(16)14(21)19-12-6-10-20(11-7-12)15-17-8-4-9-18-15/h4,8-9,12-13H,2-3,5-7,10-11,16H2,1H3,(H,19,21). The molecule has 0 radical (unpaired) electrons. The first-order valence-corrected chi connectivity index (χ1v) is 7.78. The maximum atomic E-state index is 12.0. The van der Waals surface area contributed by atoms with Gasteiger partial charge in [0.05, 0.1) is 6.04 Å². The first-order chi connectivity index (χ1) is 10.2. The zero-order chi connectivity index (χ0) is 15.1. The van der Waals surface area contributed by atoms with Crippen LogP contribution in [0.4, 0.5) is 5.95 Å². The molecule has 6 heteroatoms. The number of rotatable bonds is 6. The number of aromatic nitrogens is 2. The summed E-state index contributed by atoms with van der Waals surface area (Å²) < 4.78 is 0. The monoisotopic (exact) mass is 291 g/mol. The molecule has 116 valence electrons. The lowest BCUT2D eigenvalue weighted by molar-refractivity contribution is -0.123. The van der Waals surface area contributed by atoms with E-state index in [1.807, 2.05) is 6.07 Å². The van der Waals surface area contributed by atoms with E-state index in [4.69, 9.17) is 5.73 Å². The highest BCUT2D eigenvalue weighted by Gasteiger charge is 2.23. The Kier molecular flexibility index (Phi) is 5.92. The molecule has 1 aliphatic heterocycles. The van der Waals surface area contributed by atoms with E-state index in [9.17, 15) is 4.79 Å². The van der Waals surface area contributed by atoms with Crippen molar-refractivity contribution < 1.29 is 4.79 Å². The second-order valence-electron chi connectivity index (χ2n) is 5.57. The number of carbonyl (C=O) groups excluding carboxylic acids is 1. The average molecular weight is 291 g/mol. The lowest BCUT2D eigenvalue weighted by Crippen LogP contribution is -2.49. The molecule has 2 rings (SSSR count). The van der Waals surface area contributed by atoms with Crippen LogP contribution in [0.25, 0.3) is 0 Å². The second kappa shape index (κ2) is 7.93. The lowest BCUT2D eigenvalue weighted by Gasteiger charge is -2.32. The van der Waals surface area contributed by atoms with E-state index >= 15 is 0 Å². The van der Waals surface area contributed by atoms with Gasteiger partial charge in [0.1, 0.15) is 0 Å². The topological polar surface area (TPSA) is 84.1 Å². The molecule has 6 nitrogen and oxygen atoms in total. The molecule has 1 fully saturated rings. The Morgan fingerprint density at radius 2 is 2.10 bits per heavy atom. The maximum absolute atomic E-state index is 12.0. The highest BCUT2D eigenvalue weighted by molar-refractivity contribution is 5.81. The van der Waals surface area contributed by atoms with Gasteiger partial charge in [-0.25, -0.2) is 9.97 Å². The van der Waals surface area contributed by atoms with Crippen molar-refractivity contribution in [1.82, 2.24) is 15.3 Å². The van der Waals surface area contributed by atoms with Crippen LogP contribution in [0.3, 0.4) is 0 Å². The molecule has 0 spiro atoms. The van der Waals surface area contributed by atoms with Gasteiger partial charge in [0.2, 0.25) is 11.9 Å². The zero-order valence-corrected chi connectivity index (χ0v) is 12.7. The summed E-state index contributed by atoms with van der Waals surface area (Å²) in [5, 5.41) is 3.07. The van der Waals surface area contributed by atoms with E-state index in [-0.39, 0.29) is 18.0 Å². The van der Waals surface area contributed by atoms with E-state index in [1.165, 1.54) is 0 Å². The molecule has 0 aromatic carbocycles. The van der Waals surface area contributed by atoms with Gasteiger partial charge in [-0.2, -0.15) is 0 Å². The molecule has 21 heavy (non-hydrogen) atoms. The zero-order valence-electron chi connectivity index (χ0n) is 12.7. The van der Waals surface area contributed by atoms with Crippen LogP contribution >= 0.6 is 0 Å². The number of carbonyl (C=O) groups is 1. The maximum Gasteiger partial charge on any atom is 0.237 e. The number of unbranched alkanes of at least 4 members (excludes halogenated alkanes) is 1. The number of nitrogens with two attached hydrogens (primary N) is 1. The van der Waals surface area contributed by atoms with Crippen LogP contribution < -0.4 is 16.0 Å². The van der Waals surface area contributed by atoms with Crippen molar-refractivity contribution in [3.63, 3.8) is 0 Å². The molecule has 0 saturated carbocycles. The third-order valence-corrected chi connectivity index (χ3v) is 3.88. The summed E-state index contributed by atoms with van der Waals surface area (Å²) in [6.07, 6.45) is 8.15. The Morgan fingerprint density at radius 3 is 2.71 bits per heavy atom. The normalized spacial score (nSPS) is 17.5. The fourth-order valence-corrected chi connectivity index (χ4v) is 2.54. The van der Waals surface area contributed by atoms with Gasteiger partial charge in [-0.3, -0.25) is 4.79 Å². The minimum Gasteiger partial charge on any atom is -0.352 e. The van der Waals surface area contributed by atoms with E-state index < -0.39 is 0 Å². The molecule has 1 unspecified atom stereocenters. The van der Waals surface area contributed by atoms with Crippen molar-refractivity contribution in [2.24, 2.45) is 5.73 Å². The van der Waals surface area contributed by atoms with Crippen molar-refractivity contribution in [2.75, 3.05) is 18.0 Å². The van der Waals surface area contributed by atoms with Gasteiger partial charge in [0, 0.05) is 31.5 Å². The first kappa shape index (κ1) is 15.7. The SMILES string of the molecule is CCCCC(N)C(=O)NC1CCN(c2ncccn2)CC1. The molecule has 1 aromatic rings. The number of anilines is 1. The van der Waals surface area contributed by atoms with Gasteiger partial charge in [0.15, 0.2) is 0 Å². The van der Waals surface area contributed by atoms with Gasteiger partial charge in [-0.15, -0.1) is 0 Å². The molecule has 1 aliphatic rings. The number of nitrogens with one attached hydrogen (secondary N) is 1. The number of hydrogen-bond acceptors (Lipinski definition) is 5. The molecule has 2 heterocycles. The van der Waals surface area contributed by atoms with E-state index in [2.05, 4.69) is 27.1 Å². The van der Waals surface area contributed by atoms with Crippen molar-refractivity contribution in [1.29, 1.82) is 0 Å². The van der Waals surface area contributed by atoms with Crippen LogP contribution in [0.5, 0.6) is 0 Å². The Labute approximate surface area is 126 Å². The van der Waals surface area contributed by atoms with E-state index in [1.54, 1.807) is 12.4 Å². The molecule has 0 bridgehead atoms. The smallest absolute Gasteiger partial charge is 0.237 e. The second-order valence-corrected chi connectivity index (χ2v) is 5.57. The highest BCUT2D eigenvalue weighted by atomic mass is 16.2. The number of nitrogens with zero attached hydrogens (tertiary/aromatic N) is 3. The summed E-state index contributed by atoms with van der Waals surface area (Å²) >= 11 is 0. The van der Waals surface area contributed by atoms with Gasteiger partial charge >= 0.3 is 0 Å². The van der Waals surface area contributed by atoms with Gasteiger partial charge in [0.25, 0.3) is 0 Å². The highest BCUT2D eigenvalue weighted by Crippen LogP contribution is 2.15. The van der Waals surface area contributed by atoms with Crippen molar-refractivity contribution >= 4 is 11.9 Å². The quantitative estimate of drug-likeness (QED) is 0.819. The van der Waals surface area contributed by atoms with Crippen molar-refractivity contribution in [2.45, 2.75) is 51.1 Å². The van der Waals surface area contributed by atoms with Crippen molar-refractivity contribution in [3.05, 3.63) is 18.5 Å². The van der Waals surface area contributed by atoms with E-state index in [0.29, 0.717) is 0 Å². The Bertz CT molecular complexity index is 431. The Morgan fingerprint density at radius 1 is 1.43 bits per heavy atom. The summed E-state index contributed by atoms with van der Waals surface area (Å²) in [4.78, 5) is 22.7. The summed E-state index contributed by atoms with van der Waals surface area (Å²) in [5.74, 6) is 0.750. The molecule has 1 aromatic heterocycles. The molecule has 1 saturated heterocycles. The number of amides is 1. The molecule has 1 atom stereocenters. The number of piperidine rings is 1. The Balaban J connectivity index is 1.75. The minimum atomic E-state index is -0.375. The lowest BCUT2D eigenvalue weighted by atomic mass is 10.0. The van der Waals surface area contributed by atoms with Crippen LogP contribution in [0.1, 0.15) is 39.0 Å². The van der Waals surface area contributed by atoms with E-state index in [0.717, 1.165) is 51.1 Å². The fraction of sp³-hybridized carbons (Fsp3) is 0.667. The predicted octanol–water partition coefficient (Wildman–Crippen LogP) is 1.08. The summed E-state index contributed by atoms with van der Waals surface area (Å²) in [7, 11) is 0. The fourth-order valence-electron chi connectivity index (χ4n) is 2.54. The van der Waals surface area contributed by atoms with Crippen LogP contribution in [-0.2, 0) is 4.79 Å². The van der Waals surface area contributed by atoms with Gasteiger partial charge in [-0.1, -0.05) is 19.8 Å². The van der Waals surface area contributed by atoms with Crippen LogP contribution in [0, 0.1) is 0 Å². The molecule has 3 N–H and O–H groups in total. The third-order valence-electron chi connectivity index (χ3n) is 3.88. The molecular formula is C15H25N5O. The van der Waals surface area contributed by atoms with Gasteiger partial charge < -0.3 is 16.0 Å². The van der Waals surface area contributed by atoms with Crippen LogP contribution in [-0.4, -0.2) is 41.0 Å². The predicted molar refractivity (Wildman–Crippen MR) is 82.9 cm³/mol. The van der Waals surface area contributed by atoms with Crippen molar-refractivity contribution in [3.8, 4) is 0 Å². The first-order valence-electron chi connectivity index (χ1n) is 7.78.